The third kappa shape index (κ3) is 5.68. The fourth-order valence-corrected chi connectivity index (χ4v) is 5.14. The summed E-state index contributed by atoms with van der Waals surface area (Å²) in [5.74, 6) is 0.835. The molecule has 0 fully saturated rings. The molecule has 0 saturated carbocycles. The number of ether oxygens (including phenoxy) is 1. The topological polar surface area (TPSA) is 63.9 Å². The minimum atomic E-state index is -3.45. The second-order valence-electron chi connectivity index (χ2n) is 7.61. The van der Waals surface area contributed by atoms with Gasteiger partial charge in [-0.15, -0.1) is 11.3 Å². The average Bonchev–Trinajstić information content (AvgIpc) is 3.18. The Labute approximate surface area is 194 Å². The highest BCUT2D eigenvalue weighted by Gasteiger charge is 2.17. The highest BCUT2D eigenvalue weighted by Crippen LogP contribution is 2.24. The van der Waals surface area contributed by atoms with Crippen LogP contribution in [0.1, 0.15) is 33.1 Å². The summed E-state index contributed by atoms with van der Waals surface area (Å²) in [6.45, 7) is 5.65. The van der Waals surface area contributed by atoms with Gasteiger partial charge in [0, 0.05) is 26.0 Å². The fraction of sp³-hybridized carbons (Fsp3) is 0.375. The van der Waals surface area contributed by atoms with E-state index in [1.165, 1.54) is 4.31 Å². The molecule has 0 atom stereocenters. The van der Waals surface area contributed by atoms with Gasteiger partial charge in [0.15, 0.2) is 4.80 Å². The van der Waals surface area contributed by atoms with Gasteiger partial charge in [0.25, 0.3) is 0 Å². The zero-order chi connectivity index (χ0) is 23.1. The summed E-state index contributed by atoms with van der Waals surface area (Å²) < 4.78 is 33.8. The van der Waals surface area contributed by atoms with Crippen molar-refractivity contribution >= 4 is 27.0 Å². The van der Waals surface area contributed by atoms with Crippen LogP contribution < -0.4 is 9.54 Å². The molecule has 0 aliphatic rings. The van der Waals surface area contributed by atoms with Crippen LogP contribution in [0.3, 0.4) is 0 Å². The van der Waals surface area contributed by atoms with Gasteiger partial charge in [-0.05, 0) is 55.3 Å². The van der Waals surface area contributed by atoms with Crippen LogP contribution in [0.4, 0.5) is 5.69 Å². The van der Waals surface area contributed by atoms with E-state index < -0.39 is 10.0 Å². The standard InChI is InChI=1S/C24H31N3O3S2/c1-5-7-8-17-27-23(19-9-15-22(16-10-19)32(28,29)26(3)4)18-31-24(27)25-20-11-13-21(14-12-20)30-6-2/h9-16,18H,5-8,17H2,1-4H3. The van der Waals surface area contributed by atoms with Crippen molar-refractivity contribution < 1.29 is 13.2 Å². The van der Waals surface area contributed by atoms with Crippen LogP contribution in [0.5, 0.6) is 5.75 Å². The van der Waals surface area contributed by atoms with Crippen molar-refractivity contribution in [3.63, 3.8) is 0 Å². The summed E-state index contributed by atoms with van der Waals surface area (Å²) in [6, 6.07) is 14.9. The number of rotatable bonds is 10. The number of unbranched alkanes of at least 4 members (excludes halogenated alkanes) is 2. The average molecular weight is 474 g/mol. The Hall–Kier alpha value is -2.42. The Morgan fingerprint density at radius 1 is 1.00 bits per heavy atom. The van der Waals surface area contributed by atoms with E-state index in [4.69, 9.17) is 9.73 Å². The summed E-state index contributed by atoms with van der Waals surface area (Å²) in [6.07, 6.45) is 3.34. The molecule has 0 aliphatic carbocycles. The molecule has 1 heterocycles. The SMILES string of the molecule is CCCCCn1c(-c2ccc(S(=O)(=O)N(C)C)cc2)csc1=Nc1ccc(OCC)cc1. The molecule has 3 rings (SSSR count). The molecule has 8 heteroatoms. The van der Waals surface area contributed by atoms with E-state index in [9.17, 15) is 8.42 Å². The number of aromatic nitrogens is 1. The van der Waals surface area contributed by atoms with E-state index in [1.54, 1.807) is 37.6 Å². The summed E-state index contributed by atoms with van der Waals surface area (Å²) >= 11 is 1.59. The molecule has 0 amide bonds. The molecule has 0 N–H and O–H groups in total. The van der Waals surface area contributed by atoms with Gasteiger partial charge >= 0.3 is 0 Å². The molecule has 0 bridgehead atoms. The molecule has 0 spiro atoms. The van der Waals surface area contributed by atoms with Crippen LogP contribution in [-0.2, 0) is 16.6 Å². The lowest BCUT2D eigenvalue weighted by Crippen LogP contribution is -2.22. The van der Waals surface area contributed by atoms with Crippen molar-refractivity contribution in [3.8, 4) is 17.0 Å². The van der Waals surface area contributed by atoms with Gasteiger partial charge in [-0.25, -0.2) is 17.7 Å². The lowest BCUT2D eigenvalue weighted by atomic mass is 10.1. The van der Waals surface area contributed by atoms with Crippen molar-refractivity contribution in [2.24, 2.45) is 4.99 Å². The summed E-state index contributed by atoms with van der Waals surface area (Å²) in [5.41, 5.74) is 2.90. The Kier molecular flexibility index (Phi) is 8.28. The molecule has 1 aromatic heterocycles. The van der Waals surface area contributed by atoms with Crippen LogP contribution in [0, 0.1) is 0 Å². The number of hydrogen-bond acceptors (Lipinski definition) is 5. The smallest absolute Gasteiger partial charge is 0.242 e. The highest BCUT2D eigenvalue weighted by atomic mass is 32.2. The van der Waals surface area contributed by atoms with Crippen LogP contribution in [0.2, 0.25) is 0 Å². The molecule has 6 nitrogen and oxygen atoms in total. The first-order valence-electron chi connectivity index (χ1n) is 10.9. The lowest BCUT2D eigenvalue weighted by Gasteiger charge is -2.13. The fourth-order valence-electron chi connectivity index (χ4n) is 3.29. The second-order valence-corrected chi connectivity index (χ2v) is 10.6. The van der Waals surface area contributed by atoms with Crippen LogP contribution in [0.15, 0.2) is 63.8 Å². The number of thiazole rings is 1. The van der Waals surface area contributed by atoms with E-state index in [1.807, 2.05) is 43.3 Å². The van der Waals surface area contributed by atoms with Gasteiger partial charge in [0.1, 0.15) is 5.75 Å². The second kappa shape index (κ2) is 10.9. The molecular weight excluding hydrogens is 442 g/mol. The molecular formula is C24H31N3O3S2. The monoisotopic (exact) mass is 473 g/mol. The van der Waals surface area contributed by atoms with E-state index >= 15 is 0 Å². The van der Waals surface area contributed by atoms with Crippen molar-refractivity contribution in [3.05, 3.63) is 58.7 Å². The van der Waals surface area contributed by atoms with Crippen LogP contribution in [0.25, 0.3) is 11.3 Å². The van der Waals surface area contributed by atoms with Crippen molar-refractivity contribution in [1.29, 1.82) is 0 Å². The zero-order valence-corrected chi connectivity index (χ0v) is 20.7. The van der Waals surface area contributed by atoms with Crippen molar-refractivity contribution in [1.82, 2.24) is 8.87 Å². The van der Waals surface area contributed by atoms with Crippen LogP contribution >= 0.6 is 11.3 Å². The number of hydrogen-bond donors (Lipinski definition) is 0. The summed E-state index contributed by atoms with van der Waals surface area (Å²) in [4.78, 5) is 6.08. The normalized spacial score (nSPS) is 12.5. The largest absolute Gasteiger partial charge is 0.494 e. The molecule has 3 aromatic rings. The summed E-state index contributed by atoms with van der Waals surface area (Å²) in [7, 11) is -0.366. The van der Waals surface area contributed by atoms with Gasteiger partial charge < -0.3 is 9.30 Å². The Morgan fingerprint density at radius 2 is 1.69 bits per heavy atom. The highest BCUT2D eigenvalue weighted by molar-refractivity contribution is 7.89. The Balaban J connectivity index is 1.98. The van der Waals surface area contributed by atoms with E-state index in [2.05, 4.69) is 16.9 Å². The summed E-state index contributed by atoms with van der Waals surface area (Å²) in [5, 5.41) is 2.09. The minimum Gasteiger partial charge on any atom is -0.494 e. The first-order valence-corrected chi connectivity index (χ1v) is 13.2. The van der Waals surface area contributed by atoms with Gasteiger partial charge in [-0.3, -0.25) is 0 Å². The quantitative estimate of drug-likeness (QED) is 0.376. The van der Waals surface area contributed by atoms with Gasteiger partial charge in [0.2, 0.25) is 10.0 Å². The van der Waals surface area contributed by atoms with Crippen molar-refractivity contribution in [2.45, 2.75) is 44.6 Å². The number of nitrogens with zero attached hydrogens (tertiary/aromatic N) is 3. The number of sulfonamides is 1. The maximum absolute atomic E-state index is 12.4. The zero-order valence-electron chi connectivity index (χ0n) is 19.1. The predicted octanol–water partition coefficient (Wildman–Crippen LogP) is 5.29. The van der Waals surface area contributed by atoms with Gasteiger partial charge in [-0.1, -0.05) is 31.9 Å². The molecule has 0 aliphatic heterocycles. The molecule has 0 saturated heterocycles. The van der Waals surface area contributed by atoms with Gasteiger partial charge in [-0.2, -0.15) is 0 Å². The molecule has 32 heavy (non-hydrogen) atoms. The molecule has 172 valence electrons. The van der Waals surface area contributed by atoms with Gasteiger partial charge in [0.05, 0.1) is 22.9 Å². The number of benzene rings is 2. The molecule has 2 aromatic carbocycles. The van der Waals surface area contributed by atoms with Crippen molar-refractivity contribution in [2.75, 3.05) is 20.7 Å². The first-order chi connectivity index (χ1) is 15.4. The third-order valence-electron chi connectivity index (χ3n) is 5.08. The third-order valence-corrected chi connectivity index (χ3v) is 7.78. The molecule has 0 unspecified atom stereocenters. The lowest BCUT2D eigenvalue weighted by molar-refractivity contribution is 0.340. The Bertz CT molecular complexity index is 1180. The van der Waals surface area contributed by atoms with Crippen LogP contribution in [-0.4, -0.2) is 38.0 Å². The maximum Gasteiger partial charge on any atom is 0.242 e. The minimum absolute atomic E-state index is 0.290. The van der Waals surface area contributed by atoms with E-state index in [-0.39, 0.29) is 0 Å². The maximum atomic E-state index is 12.4. The predicted molar refractivity (Wildman–Crippen MR) is 131 cm³/mol. The Morgan fingerprint density at radius 3 is 2.28 bits per heavy atom. The first kappa shape index (κ1) is 24.2. The van der Waals surface area contributed by atoms with E-state index in [0.29, 0.717) is 11.5 Å². The van der Waals surface area contributed by atoms with E-state index in [0.717, 1.165) is 53.3 Å². The molecule has 0 radical (unpaired) electrons.